The first-order chi connectivity index (χ1) is 14.7. The maximum absolute atomic E-state index is 8.80. The molecule has 0 spiro atoms. The molecule has 2 aliphatic heterocycles. The Morgan fingerprint density at radius 2 is 1.73 bits per heavy atom. The van der Waals surface area contributed by atoms with Gasteiger partial charge in [-0.05, 0) is 31.3 Å². The van der Waals surface area contributed by atoms with Crippen LogP contribution in [0.15, 0.2) is 49.2 Å². The number of aromatic nitrogens is 4. The molecule has 0 saturated carbocycles. The number of benzene rings is 1. The Morgan fingerprint density at radius 1 is 1.00 bits per heavy atom. The van der Waals surface area contributed by atoms with Gasteiger partial charge in [0.25, 0.3) is 0 Å². The molecule has 2 atom stereocenters. The topological polar surface area (TPSA) is 95.1 Å². The van der Waals surface area contributed by atoms with Crippen LogP contribution in [0.2, 0.25) is 0 Å². The second-order valence-electron chi connectivity index (χ2n) is 7.62. The minimum atomic E-state index is 0.280. The summed E-state index contributed by atoms with van der Waals surface area (Å²) in [5, 5.41) is 11.9. The molecule has 0 unspecified atom stereocenters. The second-order valence-corrected chi connectivity index (χ2v) is 7.62. The van der Waals surface area contributed by atoms with Crippen molar-refractivity contribution in [3.05, 3.63) is 54.9 Å². The van der Waals surface area contributed by atoms with Gasteiger partial charge in [0, 0.05) is 24.5 Å². The zero-order valence-electron chi connectivity index (χ0n) is 16.6. The summed E-state index contributed by atoms with van der Waals surface area (Å²) in [4.78, 5) is 17.4. The van der Waals surface area contributed by atoms with Crippen LogP contribution in [-0.4, -0.2) is 69.9 Å². The van der Waals surface area contributed by atoms with Crippen LogP contribution in [0.25, 0.3) is 5.69 Å². The van der Waals surface area contributed by atoms with E-state index in [1.165, 1.54) is 18.1 Å². The fourth-order valence-electron chi connectivity index (χ4n) is 3.98. The number of likely N-dealkylation sites (N-methyl/N-ethyl adjacent to an activating group) is 1. The molecule has 5 rings (SSSR count). The van der Waals surface area contributed by atoms with Gasteiger partial charge in [0.05, 0.1) is 43.9 Å². The summed E-state index contributed by atoms with van der Waals surface area (Å²) < 4.78 is 7.67. The van der Waals surface area contributed by atoms with Gasteiger partial charge in [-0.1, -0.05) is 0 Å². The Bertz CT molecular complexity index is 1040. The molecule has 2 fully saturated rings. The van der Waals surface area contributed by atoms with Crippen LogP contribution in [0.5, 0.6) is 0 Å². The third kappa shape index (κ3) is 3.58. The molecule has 2 aromatic heterocycles. The maximum Gasteiger partial charge on any atom is 0.158 e. The number of imidazole rings is 1. The van der Waals surface area contributed by atoms with Gasteiger partial charge in [0.2, 0.25) is 0 Å². The number of nitriles is 1. The normalized spacial score (nSPS) is 21.3. The molecule has 9 heteroatoms. The number of ether oxygens (including phenoxy) is 1. The van der Waals surface area contributed by atoms with Crippen LogP contribution in [0, 0.1) is 11.3 Å². The number of fused-ring (bicyclic) bond motifs is 2. The van der Waals surface area contributed by atoms with Gasteiger partial charge in [-0.25, -0.2) is 15.0 Å². The van der Waals surface area contributed by atoms with E-state index in [1.807, 2.05) is 16.8 Å². The van der Waals surface area contributed by atoms with E-state index in [0.29, 0.717) is 23.7 Å². The monoisotopic (exact) mass is 402 g/mol. The molecule has 30 heavy (non-hydrogen) atoms. The number of hydrogen-bond acceptors (Lipinski definition) is 8. The second kappa shape index (κ2) is 7.74. The van der Waals surface area contributed by atoms with Crippen LogP contribution in [0.1, 0.15) is 5.69 Å². The van der Waals surface area contributed by atoms with Crippen molar-refractivity contribution in [1.82, 2.24) is 24.4 Å². The molecule has 2 aliphatic rings. The van der Waals surface area contributed by atoms with E-state index in [0.717, 1.165) is 32.0 Å². The summed E-state index contributed by atoms with van der Waals surface area (Å²) in [6.07, 6.45) is 6.60. The Morgan fingerprint density at radius 3 is 2.40 bits per heavy atom. The van der Waals surface area contributed by atoms with Crippen LogP contribution < -0.4 is 10.2 Å². The lowest BCUT2D eigenvalue weighted by Gasteiger charge is -2.48. The summed E-state index contributed by atoms with van der Waals surface area (Å²) in [6.45, 7) is 3.57. The molecule has 0 amide bonds. The predicted molar refractivity (Wildman–Crippen MR) is 112 cm³/mol. The minimum absolute atomic E-state index is 0.280. The van der Waals surface area contributed by atoms with Crippen LogP contribution in [0.4, 0.5) is 17.3 Å². The van der Waals surface area contributed by atoms with E-state index >= 15 is 0 Å². The number of morpholine rings is 1. The molecular weight excluding hydrogens is 380 g/mol. The van der Waals surface area contributed by atoms with E-state index in [1.54, 1.807) is 6.33 Å². The fraction of sp³-hybridized carbons (Fsp3) is 0.333. The Balaban J connectivity index is 1.27. The summed E-state index contributed by atoms with van der Waals surface area (Å²) in [6, 6.07) is 11.4. The summed E-state index contributed by atoms with van der Waals surface area (Å²) in [5.41, 5.74) is 2.54. The van der Waals surface area contributed by atoms with Gasteiger partial charge in [-0.15, -0.1) is 0 Å². The highest BCUT2D eigenvalue weighted by atomic mass is 16.5. The van der Waals surface area contributed by atoms with Crippen LogP contribution in [-0.2, 0) is 4.74 Å². The van der Waals surface area contributed by atoms with Crippen LogP contribution in [0.3, 0.4) is 0 Å². The minimum Gasteiger partial charge on any atom is -0.378 e. The SMILES string of the molecule is CN1[C@@H]2COC[C@H]1CN(c1ccc(-n3cnc(Nc4cnc(C#N)cn4)c3)cc1)C2. The molecule has 152 valence electrons. The number of hydrogen-bond donors (Lipinski definition) is 1. The molecular formula is C21H22N8O. The molecule has 0 radical (unpaired) electrons. The van der Waals surface area contributed by atoms with Crippen molar-refractivity contribution < 1.29 is 4.74 Å². The highest BCUT2D eigenvalue weighted by Gasteiger charge is 2.35. The molecule has 9 nitrogen and oxygen atoms in total. The lowest BCUT2D eigenvalue weighted by molar-refractivity contribution is -0.0439. The number of rotatable bonds is 4. The molecule has 2 bridgehead atoms. The zero-order chi connectivity index (χ0) is 20.5. The third-order valence-electron chi connectivity index (χ3n) is 5.75. The number of piperazine rings is 1. The molecule has 1 aromatic carbocycles. The first-order valence-corrected chi connectivity index (χ1v) is 9.88. The van der Waals surface area contributed by atoms with E-state index in [-0.39, 0.29) is 5.69 Å². The first kappa shape index (κ1) is 18.5. The Kier molecular flexibility index (Phi) is 4.78. The maximum atomic E-state index is 8.80. The van der Waals surface area contributed by atoms with E-state index in [9.17, 15) is 0 Å². The van der Waals surface area contributed by atoms with Crippen molar-refractivity contribution >= 4 is 17.3 Å². The predicted octanol–water partition coefficient (Wildman–Crippen LogP) is 1.80. The first-order valence-electron chi connectivity index (χ1n) is 9.88. The average molecular weight is 402 g/mol. The number of anilines is 3. The quantitative estimate of drug-likeness (QED) is 0.706. The summed E-state index contributed by atoms with van der Waals surface area (Å²) >= 11 is 0. The van der Waals surface area contributed by atoms with E-state index in [4.69, 9.17) is 10.00 Å². The number of nitrogens with one attached hydrogen (secondary N) is 1. The highest BCUT2D eigenvalue weighted by Crippen LogP contribution is 2.26. The van der Waals surface area contributed by atoms with Gasteiger partial charge in [-0.2, -0.15) is 5.26 Å². The van der Waals surface area contributed by atoms with Gasteiger partial charge >= 0.3 is 0 Å². The van der Waals surface area contributed by atoms with Crippen molar-refractivity contribution in [3.63, 3.8) is 0 Å². The van der Waals surface area contributed by atoms with E-state index in [2.05, 4.69) is 61.4 Å². The van der Waals surface area contributed by atoms with Gasteiger partial charge in [0.1, 0.15) is 24.0 Å². The zero-order valence-corrected chi connectivity index (χ0v) is 16.6. The number of nitrogens with zero attached hydrogens (tertiary/aromatic N) is 7. The molecule has 2 saturated heterocycles. The van der Waals surface area contributed by atoms with Crippen molar-refractivity contribution in [2.24, 2.45) is 0 Å². The van der Waals surface area contributed by atoms with Crippen LogP contribution >= 0.6 is 0 Å². The summed E-state index contributed by atoms with van der Waals surface area (Å²) in [5.74, 6) is 1.20. The largest absolute Gasteiger partial charge is 0.378 e. The Labute approximate surface area is 174 Å². The van der Waals surface area contributed by atoms with Crippen molar-refractivity contribution in [2.45, 2.75) is 12.1 Å². The molecule has 4 heterocycles. The van der Waals surface area contributed by atoms with Gasteiger partial charge in [0.15, 0.2) is 5.69 Å². The van der Waals surface area contributed by atoms with E-state index < -0.39 is 0 Å². The molecule has 3 aromatic rings. The lowest BCUT2D eigenvalue weighted by atomic mass is 10.0. The van der Waals surface area contributed by atoms with Gasteiger partial charge < -0.3 is 19.5 Å². The molecule has 0 aliphatic carbocycles. The highest BCUT2D eigenvalue weighted by molar-refractivity contribution is 5.54. The third-order valence-corrected chi connectivity index (χ3v) is 5.75. The molecule has 1 N–H and O–H groups in total. The summed E-state index contributed by atoms with van der Waals surface area (Å²) in [7, 11) is 2.20. The van der Waals surface area contributed by atoms with Crippen molar-refractivity contribution in [2.75, 3.05) is 43.6 Å². The Hall–Kier alpha value is -3.48. The van der Waals surface area contributed by atoms with Crippen molar-refractivity contribution in [1.29, 1.82) is 5.26 Å². The smallest absolute Gasteiger partial charge is 0.158 e. The standard InChI is InChI=1S/C21H22N8O/c1-27-18-9-28(10-19(27)13-30-12-18)16-2-4-17(5-3-16)29-11-21(25-14-29)26-20-8-23-15(6-22)7-24-20/h2-5,7-8,11,14,18-19H,9-10,12-13H2,1H3,(H,24,26)/t18-,19+. The lowest BCUT2D eigenvalue weighted by Crippen LogP contribution is -2.63. The van der Waals surface area contributed by atoms with Gasteiger partial charge in [-0.3, -0.25) is 4.90 Å². The average Bonchev–Trinajstić information content (AvgIpc) is 3.23. The van der Waals surface area contributed by atoms with Crippen molar-refractivity contribution in [3.8, 4) is 11.8 Å². The fourth-order valence-corrected chi connectivity index (χ4v) is 3.98.